The third-order valence-electron chi connectivity index (χ3n) is 2.95. The molecule has 1 aliphatic carbocycles. The number of hydrogen-bond donors (Lipinski definition) is 0. The van der Waals surface area contributed by atoms with Crippen LogP contribution < -0.4 is 0 Å². The van der Waals surface area contributed by atoms with Crippen molar-refractivity contribution >= 4 is 11.8 Å². The molecule has 1 rings (SSSR count). The lowest BCUT2D eigenvalue weighted by atomic mass is 9.71. The standard InChI is InChI=1S/C12H18O3/c1-3-8-12(11(14)15-4-2)9-6-5-7-10(12)13/h3H,1,4-9H2,2H3/t12-/m1/s1. The van der Waals surface area contributed by atoms with E-state index in [2.05, 4.69) is 6.58 Å². The Morgan fingerprint density at radius 3 is 2.87 bits per heavy atom. The first-order valence-corrected chi connectivity index (χ1v) is 5.49. The van der Waals surface area contributed by atoms with Gasteiger partial charge in [-0.15, -0.1) is 6.58 Å². The van der Waals surface area contributed by atoms with E-state index in [1.165, 1.54) is 0 Å². The van der Waals surface area contributed by atoms with Crippen LogP contribution in [0.5, 0.6) is 0 Å². The molecule has 15 heavy (non-hydrogen) atoms. The average Bonchev–Trinajstić information content (AvgIpc) is 2.22. The minimum absolute atomic E-state index is 0.0205. The van der Waals surface area contributed by atoms with E-state index in [9.17, 15) is 9.59 Å². The number of carbonyl (C=O) groups excluding carboxylic acids is 2. The zero-order valence-corrected chi connectivity index (χ0v) is 9.25. The molecular formula is C12H18O3. The summed E-state index contributed by atoms with van der Waals surface area (Å²) in [4.78, 5) is 23.7. The number of hydrogen-bond acceptors (Lipinski definition) is 3. The van der Waals surface area contributed by atoms with E-state index >= 15 is 0 Å². The van der Waals surface area contributed by atoms with Gasteiger partial charge in [0.05, 0.1) is 6.61 Å². The zero-order valence-electron chi connectivity index (χ0n) is 9.25. The van der Waals surface area contributed by atoms with Crippen molar-refractivity contribution in [3.63, 3.8) is 0 Å². The molecular weight excluding hydrogens is 192 g/mol. The van der Waals surface area contributed by atoms with Crippen LogP contribution in [0.1, 0.15) is 39.0 Å². The van der Waals surface area contributed by atoms with E-state index in [1.54, 1.807) is 13.0 Å². The maximum Gasteiger partial charge on any atom is 0.319 e. The van der Waals surface area contributed by atoms with Crippen molar-refractivity contribution in [1.82, 2.24) is 0 Å². The number of Topliss-reactive ketones (excluding diaryl/α,β-unsaturated/α-hetero) is 1. The van der Waals surface area contributed by atoms with Crippen LogP contribution in [0, 0.1) is 5.41 Å². The van der Waals surface area contributed by atoms with Gasteiger partial charge in [0.2, 0.25) is 0 Å². The Hall–Kier alpha value is -1.12. The monoisotopic (exact) mass is 210 g/mol. The number of rotatable bonds is 4. The Bertz CT molecular complexity index is 270. The van der Waals surface area contributed by atoms with Crippen LogP contribution >= 0.6 is 0 Å². The molecule has 3 nitrogen and oxygen atoms in total. The molecule has 3 heteroatoms. The molecule has 0 aromatic heterocycles. The molecule has 0 radical (unpaired) electrons. The molecule has 0 N–H and O–H groups in total. The van der Waals surface area contributed by atoms with Gasteiger partial charge in [-0.2, -0.15) is 0 Å². The highest BCUT2D eigenvalue weighted by atomic mass is 16.5. The second-order valence-electron chi connectivity index (χ2n) is 3.93. The van der Waals surface area contributed by atoms with Crippen molar-refractivity contribution in [3.8, 4) is 0 Å². The number of ketones is 1. The largest absolute Gasteiger partial charge is 0.465 e. The molecule has 1 aliphatic rings. The molecule has 0 bridgehead atoms. The van der Waals surface area contributed by atoms with Crippen molar-refractivity contribution in [1.29, 1.82) is 0 Å². The van der Waals surface area contributed by atoms with Crippen LogP contribution in [-0.4, -0.2) is 18.4 Å². The Morgan fingerprint density at radius 1 is 1.60 bits per heavy atom. The smallest absolute Gasteiger partial charge is 0.319 e. The van der Waals surface area contributed by atoms with Gasteiger partial charge >= 0.3 is 5.97 Å². The predicted octanol–water partition coefficient (Wildman–Crippen LogP) is 2.26. The first-order chi connectivity index (χ1) is 7.17. The average molecular weight is 210 g/mol. The highest BCUT2D eigenvalue weighted by Crippen LogP contribution is 2.37. The molecule has 84 valence electrons. The fourth-order valence-electron chi connectivity index (χ4n) is 2.12. The highest BCUT2D eigenvalue weighted by Gasteiger charge is 2.46. The number of ether oxygens (including phenoxy) is 1. The van der Waals surface area contributed by atoms with E-state index in [0.29, 0.717) is 25.9 Å². The van der Waals surface area contributed by atoms with E-state index < -0.39 is 5.41 Å². The predicted molar refractivity (Wildman–Crippen MR) is 57.4 cm³/mol. The van der Waals surface area contributed by atoms with Gasteiger partial charge in [0.1, 0.15) is 11.2 Å². The van der Waals surface area contributed by atoms with E-state index in [1.807, 2.05) is 0 Å². The molecule has 0 saturated heterocycles. The molecule has 1 saturated carbocycles. The van der Waals surface area contributed by atoms with Crippen LogP contribution in [0.25, 0.3) is 0 Å². The van der Waals surface area contributed by atoms with Gasteiger partial charge in [0, 0.05) is 6.42 Å². The van der Waals surface area contributed by atoms with E-state index in [-0.39, 0.29) is 11.8 Å². The number of allylic oxidation sites excluding steroid dienone is 1. The Balaban J connectivity index is 2.89. The second kappa shape index (κ2) is 5.10. The quantitative estimate of drug-likeness (QED) is 0.406. The van der Waals surface area contributed by atoms with Gasteiger partial charge in [-0.3, -0.25) is 9.59 Å². The Kier molecular flexibility index (Phi) is 4.06. The summed E-state index contributed by atoms with van der Waals surface area (Å²) in [5.74, 6) is -0.346. The van der Waals surface area contributed by atoms with E-state index in [4.69, 9.17) is 4.74 Å². The fraction of sp³-hybridized carbons (Fsp3) is 0.667. The first kappa shape index (κ1) is 12.0. The topological polar surface area (TPSA) is 43.4 Å². The lowest BCUT2D eigenvalue weighted by Gasteiger charge is -2.32. The van der Waals surface area contributed by atoms with Crippen LogP contribution in [0.4, 0.5) is 0 Å². The third kappa shape index (κ3) is 2.28. The maximum absolute atomic E-state index is 11.9. The van der Waals surface area contributed by atoms with Crippen molar-refractivity contribution in [2.75, 3.05) is 6.61 Å². The molecule has 0 unspecified atom stereocenters. The van der Waals surface area contributed by atoms with Gasteiger partial charge in [0.25, 0.3) is 0 Å². The van der Waals surface area contributed by atoms with Gasteiger partial charge in [0.15, 0.2) is 0 Å². The molecule has 0 aliphatic heterocycles. The minimum Gasteiger partial charge on any atom is -0.465 e. The third-order valence-corrected chi connectivity index (χ3v) is 2.95. The summed E-state index contributed by atoms with van der Waals surface area (Å²) in [5, 5.41) is 0. The van der Waals surface area contributed by atoms with Gasteiger partial charge < -0.3 is 4.74 Å². The summed E-state index contributed by atoms with van der Waals surface area (Å²) in [6.45, 7) is 5.70. The van der Waals surface area contributed by atoms with Crippen molar-refractivity contribution < 1.29 is 14.3 Å². The Labute approximate surface area is 90.5 Å². The number of carbonyl (C=O) groups is 2. The Morgan fingerprint density at radius 2 is 2.33 bits per heavy atom. The summed E-state index contributed by atoms with van der Waals surface area (Å²) in [5.41, 5.74) is -0.921. The lowest BCUT2D eigenvalue weighted by molar-refractivity contribution is -0.162. The molecule has 0 spiro atoms. The first-order valence-electron chi connectivity index (χ1n) is 5.49. The van der Waals surface area contributed by atoms with Crippen LogP contribution in [0.2, 0.25) is 0 Å². The molecule has 0 amide bonds. The summed E-state index contributed by atoms with van der Waals surface area (Å²) in [6, 6.07) is 0. The molecule has 0 aromatic rings. The summed E-state index contributed by atoms with van der Waals surface area (Å²) < 4.78 is 5.00. The molecule has 0 aromatic carbocycles. The van der Waals surface area contributed by atoms with Crippen molar-refractivity contribution in [3.05, 3.63) is 12.7 Å². The fourth-order valence-corrected chi connectivity index (χ4v) is 2.12. The summed E-state index contributed by atoms with van der Waals surface area (Å²) in [7, 11) is 0. The maximum atomic E-state index is 11.9. The van der Waals surface area contributed by atoms with Gasteiger partial charge in [-0.1, -0.05) is 12.5 Å². The van der Waals surface area contributed by atoms with Crippen molar-refractivity contribution in [2.24, 2.45) is 5.41 Å². The van der Waals surface area contributed by atoms with Gasteiger partial charge in [-0.05, 0) is 26.2 Å². The van der Waals surface area contributed by atoms with Crippen LogP contribution in [0.3, 0.4) is 0 Å². The highest BCUT2D eigenvalue weighted by molar-refractivity contribution is 6.04. The minimum atomic E-state index is -0.921. The second-order valence-corrected chi connectivity index (χ2v) is 3.93. The molecule has 0 heterocycles. The summed E-state index contributed by atoms with van der Waals surface area (Å²) >= 11 is 0. The van der Waals surface area contributed by atoms with Crippen LogP contribution in [-0.2, 0) is 14.3 Å². The van der Waals surface area contributed by atoms with Gasteiger partial charge in [-0.25, -0.2) is 0 Å². The summed E-state index contributed by atoms with van der Waals surface area (Å²) in [6.07, 6.45) is 4.95. The normalized spacial score (nSPS) is 26.1. The lowest BCUT2D eigenvalue weighted by Crippen LogP contribution is -2.42. The van der Waals surface area contributed by atoms with E-state index in [0.717, 1.165) is 12.8 Å². The van der Waals surface area contributed by atoms with Crippen molar-refractivity contribution in [2.45, 2.75) is 39.0 Å². The molecule has 1 fully saturated rings. The SMILES string of the molecule is C=CC[C@@]1(C(=O)OCC)CCCCC1=O. The zero-order chi connectivity index (χ0) is 11.3. The van der Waals surface area contributed by atoms with Crippen LogP contribution in [0.15, 0.2) is 12.7 Å². The molecule has 1 atom stereocenters. The number of esters is 1.